The van der Waals surface area contributed by atoms with E-state index in [4.69, 9.17) is 4.74 Å². The molecular weight excluding hydrogens is 398 g/mol. The average molecular weight is 420 g/mol. The van der Waals surface area contributed by atoms with Gasteiger partial charge in [-0.1, -0.05) is 58.4 Å². The highest BCUT2D eigenvalue weighted by molar-refractivity contribution is 9.10. The van der Waals surface area contributed by atoms with Gasteiger partial charge in [-0.25, -0.2) is 0 Å². The zero-order valence-corrected chi connectivity index (χ0v) is 17.2. The number of benzene rings is 3. The lowest BCUT2D eigenvalue weighted by molar-refractivity contribution is 0.415. The van der Waals surface area contributed by atoms with Crippen LogP contribution < -0.4 is 4.74 Å². The van der Waals surface area contributed by atoms with Gasteiger partial charge in [0.15, 0.2) is 0 Å². The van der Waals surface area contributed by atoms with Crippen LogP contribution in [-0.4, -0.2) is 11.7 Å². The minimum atomic E-state index is 0.849. The Labute approximate surface area is 168 Å². The predicted octanol–water partition coefficient (Wildman–Crippen LogP) is 6.36. The van der Waals surface area contributed by atoms with Crippen molar-refractivity contribution in [3.8, 4) is 5.75 Å². The molecule has 0 aliphatic rings. The van der Waals surface area contributed by atoms with Crippen molar-refractivity contribution in [1.29, 1.82) is 0 Å². The molecular formula is C24H22BrNO. The standard InChI is InChI=1S/C24H22BrNO/c1-17-19(9-6-10-23(17)25)13-20-16-26(15-18-7-4-3-5-8-18)24-14-21(27-2)11-12-22(20)24/h3-12,14,16H,13,15H2,1-2H3. The summed E-state index contributed by atoms with van der Waals surface area (Å²) in [5, 5.41) is 1.28. The minimum absolute atomic E-state index is 0.849. The van der Waals surface area contributed by atoms with Crippen LogP contribution in [0.4, 0.5) is 0 Å². The van der Waals surface area contributed by atoms with Crippen LogP contribution in [0.1, 0.15) is 22.3 Å². The summed E-state index contributed by atoms with van der Waals surface area (Å²) in [6.07, 6.45) is 3.20. The van der Waals surface area contributed by atoms with Crippen LogP contribution in [0, 0.1) is 6.92 Å². The van der Waals surface area contributed by atoms with Crippen molar-refractivity contribution in [2.75, 3.05) is 7.11 Å². The van der Waals surface area contributed by atoms with Gasteiger partial charge < -0.3 is 9.30 Å². The third-order valence-corrected chi connectivity index (χ3v) is 5.99. The van der Waals surface area contributed by atoms with Gasteiger partial charge in [0, 0.05) is 28.7 Å². The van der Waals surface area contributed by atoms with E-state index in [0.29, 0.717) is 0 Å². The largest absolute Gasteiger partial charge is 0.497 e. The lowest BCUT2D eigenvalue weighted by Gasteiger charge is -2.07. The molecule has 4 rings (SSSR count). The number of ether oxygens (including phenoxy) is 1. The minimum Gasteiger partial charge on any atom is -0.497 e. The Balaban J connectivity index is 1.79. The molecule has 3 heteroatoms. The van der Waals surface area contributed by atoms with Gasteiger partial charge in [-0.05, 0) is 53.8 Å². The zero-order chi connectivity index (χ0) is 18.8. The molecule has 0 N–H and O–H groups in total. The maximum absolute atomic E-state index is 5.47. The highest BCUT2D eigenvalue weighted by atomic mass is 79.9. The molecule has 0 radical (unpaired) electrons. The molecule has 2 nitrogen and oxygen atoms in total. The first kappa shape index (κ1) is 17.9. The van der Waals surface area contributed by atoms with Crippen LogP contribution in [0.25, 0.3) is 10.9 Å². The van der Waals surface area contributed by atoms with Crippen molar-refractivity contribution in [2.45, 2.75) is 19.9 Å². The monoisotopic (exact) mass is 419 g/mol. The molecule has 3 aromatic carbocycles. The third kappa shape index (κ3) is 3.65. The number of fused-ring (bicyclic) bond motifs is 1. The topological polar surface area (TPSA) is 14.2 Å². The molecule has 0 saturated carbocycles. The summed E-state index contributed by atoms with van der Waals surface area (Å²) in [5.74, 6) is 0.889. The molecule has 4 aromatic rings. The van der Waals surface area contributed by atoms with Gasteiger partial charge in [-0.2, -0.15) is 0 Å². The van der Waals surface area contributed by atoms with Gasteiger partial charge in [0.2, 0.25) is 0 Å². The van der Waals surface area contributed by atoms with Crippen LogP contribution in [-0.2, 0) is 13.0 Å². The third-order valence-electron chi connectivity index (χ3n) is 5.13. The quantitative estimate of drug-likeness (QED) is 0.367. The van der Waals surface area contributed by atoms with Gasteiger partial charge in [0.1, 0.15) is 5.75 Å². The van der Waals surface area contributed by atoms with E-state index in [9.17, 15) is 0 Å². The number of methoxy groups -OCH3 is 1. The summed E-state index contributed by atoms with van der Waals surface area (Å²) in [6.45, 7) is 3.02. The lowest BCUT2D eigenvalue weighted by Crippen LogP contribution is -1.98. The first-order valence-corrected chi connectivity index (χ1v) is 9.88. The van der Waals surface area contributed by atoms with E-state index in [-0.39, 0.29) is 0 Å². The predicted molar refractivity (Wildman–Crippen MR) is 116 cm³/mol. The van der Waals surface area contributed by atoms with Gasteiger partial charge in [0.25, 0.3) is 0 Å². The van der Waals surface area contributed by atoms with E-state index in [1.165, 1.54) is 33.2 Å². The van der Waals surface area contributed by atoms with E-state index in [2.05, 4.69) is 94.3 Å². The molecule has 0 atom stereocenters. The molecule has 0 aliphatic carbocycles. The van der Waals surface area contributed by atoms with Crippen LogP contribution in [0.15, 0.2) is 77.4 Å². The fourth-order valence-corrected chi connectivity index (χ4v) is 3.98. The van der Waals surface area contributed by atoms with Crippen molar-refractivity contribution in [2.24, 2.45) is 0 Å². The fourth-order valence-electron chi connectivity index (χ4n) is 3.58. The molecule has 0 bridgehead atoms. The van der Waals surface area contributed by atoms with Crippen LogP contribution >= 0.6 is 15.9 Å². The van der Waals surface area contributed by atoms with Crippen molar-refractivity contribution in [3.05, 3.63) is 99.7 Å². The Hall–Kier alpha value is -2.52. The lowest BCUT2D eigenvalue weighted by atomic mass is 10.0. The number of hydrogen-bond acceptors (Lipinski definition) is 1. The Morgan fingerprint density at radius 1 is 0.926 bits per heavy atom. The highest BCUT2D eigenvalue weighted by Crippen LogP contribution is 2.30. The molecule has 1 aromatic heterocycles. The summed E-state index contributed by atoms with van der Waals surface area (Å²) in [7, 11) is 1.72. The Morgan fingerprint density at radius 2 is 1.74 bits per heavy atom. The second kappa shape index (κ2) is 7.61. The zero-order valence-electron chi connectivity index (χ0n) is 15.6. The summed E-state index contributed by atoms with van der Waals surface area (Å²) in [5.41, 5.74) is 6.49. The van der Waals surface area contributed by atoms with E-state index in [1.807, 2.05) is 6.07 Å². The van der Waals surface area contributed by atoms with Gasteiger partial charge in [0.05, 0.1) is 12.6 Å². The molecule has 1 heterocycles. The molecule has 0 fully saturated rings. The Kier molecular flexibility index (Phi) is 5.04. The van der Waals surface area contributed by atoms with Gasteiger partial charge >= 0.3 is 0 Å². The smallest absolute Gasteiger partial charge is 0.120 e. The first-order valence-electron chi connectivity index (χ1n) is 9.09. The molecule has 0 amide bonds. The SMILES string of the molecule is COc1ccc2c(Cc3cccc(Br)c3C)cn(Cc3ccccc3)c2c1. The van der Waals surface area contributed by atoms with Crippen LogP contribution in [0.2, 0.25) is 0 Å². The van der Waals surface area contributed by atoms with Gasteiger partial charge in [-0.15, -0.1) is 0 Å². The second-order valence-electron chi connectivity index (χ2n) is 6.85. The van der Waals surface area contributed by atoms with Crippen LogP contribution in [0.3, 0.4) is 0 Å². The van der Waals surface area contributed by atoms with E-state index in [1.54, 1.807) is 7.11 Å². The molecule has 0 saturated heterocycles. The maximum atomic E-state index is 5.47. The number of nitrogens with zero attached hydrogens (tertiary/aromatic N) is 1. The van der Waals surface area contributed by atoms with Crippen molar-refractivity contribution in [3.63, 3.8) is 0 Å². The first-order chi connectivity index (χ1) is 13.2. The molecule has 0 spiro atoms. The number of aromatic nitrogens is 1. The van der Waals surface area contributed by atoms with Gasteiger partial charge in [-0.3, -0.25) is 0 Å². The van der Waals surface area contributed by atoms with E-state index >= 15 is 0 Å². The highest BCUT2D eigenvalue weighted by Gasteiger charge is 2.12. The Bertz CT molecular complexity index is 1080. The maximum Gasteiger partial charge on any atom is 0.120 e. The van der Waals surface area contributed by atoms with Crippen molar-refractivity contribution in [1.82, 2.24) is 4.57 Å². The molecule has 136 valence electrons. The number of halogens is 1. The summed E-state index contributed by atoms with van der Waals surface area (Å²) < 4.78 is 8.96. The summed E-state index contributed by atoms with van der Waals surface area (Å²) in [6, 6.07) is 23.4. The second-order valence-corrected chi connectivity index (χ2v) is 7.71. The normalized spacial score (nSPS) is 11.1. The summed E-state index contributed by atoms with van der Waals surface area (Å²) >= 11 is 3.66. The van der Waals surface area contributed by atoms with Crippen molar-refractivity contribution < 1.29 is 4.74 Å². The molecule has 0 aliphatic heterocycles. The molecule has 0 unspecified atom stereocenters. The number of hydrogen-bond donors (Lipinski definition) is 0. The average Bonchev–Trinajstić information content (AvgIpc) is 3.03. The Morgan fingerprint density at radius 3 is 2.52 bits per heavy atom. The van der Waals surface area contributed by atoms with Crippen molar-refractivity contribution >= 4 is 26.8 Å². The van der Waals surface area contributed by atoms with E-state index in [0.717, 1.165) is 23.2 Å². The van der Waals surface area contributed by atoms with E-state index < -0.39 is 0 Å². The van der Waals surface area contributed by atoms with Crippen LogP contribution in [0.5, 0.6) is 5.75 Å². The molecule has 27 heavy (non-hydrogen) atoms. The fraction of sp³-hybridized carbons (Fsp3) is 0.167. The number of rotatable bonds is 5. The summed E-state index contributed by atoms with van der Waals surface area (Å²) in [4.78, 5) is 0.